The Morgan fingerprint density at radius 2 is 2.14 bits per heavy atom. The molecular weight excluding hydrogens is 294 g/mol. The van der Waals surface area contributed by atoms with Crippen molar-refractivity contribution in [1.29, 1.82) is 0 Å². The van der Waals surface area contributed by atoms with E-state index in [2.05, 4.69) is 5.32 Å². The Bertz CT molecular complexity index is 524. The molecule has 0 aliphatic carbocycles. The zero-order valence-electron chi connectivity index (χ0n) is 11.8. The van der Waals surface area contributed by atoms with Gasteiger partial charge in [-0.2, -0.15) is 0 Å². The van der Waals surface area contributed by atoms with Crippen LogP contribution in [0.1, 0.15) is 6.42 Å². The lowest BCUT2D eigenvalue weighted by Gasteiger charge is -2.21. The molecule has 0 unspecified atom stereocenters. The summed E-state index contributed by atoms with van der Waals surface area (Å²) in [5.41, 5.74) is 0.534. The summed E-state index contributed by atoms with van der Waals surface area (Å²) < 4.78 is 5.20. The molecule has 2 rings (SSSR count). The van der Waals surface area contributed by atoms with Crippen LogP contribution >= 0.6 is 11.6 Å². The minimum atomic E-state index is -0.219. The van der Waals surface area contributed by atoms with Gasteiger partial charge >= 0.3 is 6.03 Å². The van der Waals surface area contributed by atoms with Crippen LogP contribution in [0.5, 0.6) is 5.75 Å². The lowest BCUT2D eigenvalue weighted by Crippen LogP contribution is -2.38. The third-order valence-corrected chi connectivity index (χ3v) is 3.60. The normalized spacial score (nSPS) is 15.3. The summed E-state index contributed by atoms with van der Waals surface area (Å²) >= 11 is 5.94. The van der Waals surface area contributed by atoms with Crippen LogP contribution in [0, 0.1) is 0 Å². The van der Waals surface area contributed by atoms with Gasteiger partial charge in [0, 0.05) is 31.2 Å². The summed E-state index contributed by atoms with van der Waals surface area (Å²) in [4.78, 5) is 26.4. The number of carbonyl (C=O) groups is 2. The van der Waals surface area contributed by atoms with E-state index in [0.29, 0.717) is 42.6 Å². The monoisotopic (exact) mass is 311 g/mol. The van der Waals surface area contributed by atoms with Gasteiger partial charge in [0.25, 0.3) is 0 Å². The van der Waals surface area contributed by atoms with Gasteiger partial charge in [-0.25, -0.2) is 4.79 Å². The van der Waals surface area contributed by atoms with Crippen LogP contribution in [-0.4, -0.2) is 55.5 Å². The molecule has 1 aromatic rings. The molecular formula is C14H18ClN3O3. The first-order valence-corrected chi connectivity index (χ1v) is 7.10. The second-order valence-electron chi connectivity index (χ2n) is 4.76. The van der Waals surface area contributed by atoms with Gasteiger partial charge in [0.2, 0.25) is 6.41 Å². The minimum absolute atomic E-state index is 0.219. The average molecular weight is 312 g/mol. The summed E-state index contributed by atoms with van der Waals surface area (Å²) in [5.74, 6) is 0.553. The van der Waals surface area contributed by atoms with Crippen molar-refractivity contribution in [3.63, 3.8) is 0 Å². The standard InChI is InChI=1S/C14H18ClN3O3/c1-21-13-4-3-11(15)9-12(13)16-14(20)18-6-2-5-17(10-19)7-8-18/h3-4,9-10H,2,5-8H2,1H3,(H,16,20). The lowest BCUT2D eigenvalue weighted by atomic mass is 10.3. The molecule has 114 valence electrons. The number of ether oxygens (including phenoxy) is 1. The zero-order valence-corrected chi connectivity index (χ0v) is 12.6. The molecule has 1 heterocycles. The lowest BCUT2D eigenvalue weighted by molar-refractivity contribution is -0.118. The van der Waals surface area contributed by atoms with Crippen molar-refractivity contribution < 1.29 is 14.3 Å². The molecule has 1 N–H and O–H groups in total. The molecule has 0 aromatic heterocycles. The molecule has 0 spiro atoms. The number of rotatable bonds is 3. The van der Waals surface area contributed by atoms with E-state index < -0.39 is 0 Å². The van der Waals surface area contributed by atoms with Gasteiger partial charge in [0.1, 0.15) is 5.75 Å². The molecule has 0 radical (unpaired) electrons. The summed E-state index contributed by atoms with van der Waals surface area (Å²) in [5, 5.41) is 3.33. The van der Waals surface area contributed by atoms with E-state index in [-0.39, 0.29) is 6.03 Å². The molecule has 1 aromatic carbocycles. The Balaban J connectivity index is 2.04. The maximum absolute atomic E-state index is 12.3. The average Bonchev–Trinajstić information content (AvgIpc) is 2.73. The van der Waals surface area contributed by atoms with Crippen molar-refractivity contribution >= 4 is 29.7 Å². The highest BCUT2D eigenvalue weighted by Gasteiger charge is 2.19. The van der Waals surface area contributed by atoms with Crippen LogP contribution in [0.4, 0.5) is 10.5 Å². The molecule has 21 heavy (non-hydrogen) atoms. The van der Waals surface area contributed by atoms with Crippen molar-refractivity contribution in [3.8, 4) is 5.75 Å². The first-order chi connectivity index (χ1) is 10.1. The van der Waals surface area contributed by atoms with Gasteiger partial charge in [0.15, 0.2) is 0 Å². The number of nitrogens with zero attached hydrogens (tertiary/aromatic N) is 2. The number of nitrogens with one attached hydrogen (secondary N) is 1. The molecule has 6 nitrogen and oxygen atoms in total. The van der Waals surface area contributed by atoms with Crippen molar-refractivity contribution in [2.75, 3.05) is 38.6 Å². The summed E-state index contributed by atoms with van der Waals surface area (Å²) in [7, 11) is 1.53. The van der Waals surface area contributed by atoms with E-state index in [9.17, 15) is 9.59 Å². The predicted octanol–water partition coefficient (Wildman–Crippen LogP) is 2.04. The SMILES string of the molecule is COc1ccc(Cl)cc1NC(=O)N1CCCN(C=O)CC1. The fourth-order valence-electron chi connectivity index (χ4n) is 2.22. The number of urea groups is 1. The Labute approximate surface area is 128 Å². The van der Waals surface area contributed by atoms with E-state index >= 15 is 0 Å². The quantitative estimate of drug-likeness (QED) is 0.869. The number of methoxy groups -OCH3 is 1. The van der Waals surface area contributed by atoms with Gasteiger partial charge in [-0.1, -0.05) is 11.6 Å². The number of halogens is 1. The second-order valence-corrected chi connectivity index (χ2v) is 5.19. The van der Waals surface area contributed by atoms with Crippen LogP contribution in [0.2, 0.25) is 5.02 Å². The predicted molar refractivity (Wildman–Crippen MR) is 80.8 cm³/mol. The number of hydrogen-bond donors (Lipinski definition) is 1. The van der Waals surface area contributed by atoms with Crippen molar-refractivity contribution in [2.45, 2.75) is 6.42 Å². The van der Waals surface area contributed by atoms with E-state index in [1.807, 2.05) is 0 Å². The van der Waals surface area contributed by atoms with Gasteiger partial charge < -0.3 is 19.9 Å². The molecule has 0 saturated carbocycles. The molecule has 3 amide bonds. The van der Waals surface area contributed by atoms with Crippen LogP contribution in [0.3, 0.4) is 0 Å². The molecule has 0 bridgehead atoms. The first-order valence-electron chi connectivity index (χ1n) is 6.73. The van der Waals surface area contributed by atoms with Crippen molar-refractivity contribution in [1.82, 2.24) is 9.80 Å². The molecule has 1 saturated heterocycles. The van der Waals surface area contributed by atoms with Crippen LogP contribution in [0.15, 0.2) is 18.2 Å². The highest BCUT2D eigenvalue weighted by Crippen LogP contribution is 2.27. The van der Waals surface area contributed by atoms with Crippen LogP contribution in [-0.2, 0) is 4.79 Å². The summed E-state index contributed by atoms with van der Waals surface area (Å²) in [6.45, 7) is 2.34. The fraction of sp³-hybridized carbons (Fsp3) is 0.429. The third-order valence-electron chi connectivity index (χ3n) is 3.37. The molecule has 7 heteroatoms. The van der Waals surface area contributed by atoms with E-state index in [1.54, 1.807) is 28.0 Å². The number of carbonyl (C=O) groups excluding carboxylic acids is 2. The van der Waals surface area contributed by atoms with E-state index in [4.69, 9.17) is 16.3 Å². The number of hydrogen-bond acceptors (Lipinski definition) is 3. The van der Waals surface area contributed by atoms with E-state index in [1.165, 1.54) is 7.11 Å². The molecule has 1 fully saturated rings. The van der Waals surface area contributed by atoms with Crippen LogP contribution in [0.25, 0.3) is 0 Å². The van der Waals surface area contributed by atoms with Crippen LogP contribution < -0.4 is 10.1 Å². The molecule has 1 aliphatic rings. The Kier molecular flexibility index (Phi) is 5.27. The summed E-state index contributed by atoms with van der Waals surface area (Å²) in [6, 6.07) is 4.83. The number of amides is 3. The number of anilines is 1. The van der Waals surface area contributed by atoms with Gasteiger partial charge in [-0.15, -0.1) is 0 Å². The second kappa shape index (κ2) is 7.17. The van der Waals surface area contributed by atoms with E-state index in [0.717, 1.165) is 12.8 Å². The highest BCUT2D eigenvalue weighted by atomic mass is 35.5. The first kappa shape index (κ1) is 15.4. The minimum Gasteiger partial charge on any atom is -0.495 e. The van der Waals surface area contributed by atoms with Gasteiger partial charge in [0.05, 0.1) is 12.8 Å². The maximum Gasteiger partial charge on any atom is 0.322 e. The number of benzene rings is 1. The fourth-order valence-corrected chi connectivity index (χ4v) is 2.39. The Morgan fingerprint density at radius 1 is 1.33 bits per heavy atom. The smallest absolute Gasteiger partial charge is 0.322 e. The Hall–Kier alpha value is -1.95. The van der Waals surface area contributed by atoms with Gasteiger partial charge in [-0.3, -0.25) is 4.79 Å². The van der Waals surface area contributed by atoms with Gasteiger partial charge in [-0.05, 0) is 24.6 Å². The van der Waals surface area contributed by atoms with Crippen molar-refractivity contribution in [3.05, 3.63) is 23.2 Å². The third kappa shape index (κ3) is 4.01. The highest BCUT2D eigenvalue weighted by molar-refractivity contribution is 6.31. The maximum atomic E-state index is 12.3. The van der Waals surface area contributed by atoms with Crippen molar-refractivity contribution in [2.24, 2.45) is 0 Å². The largest absolute Gasteiger partial charge is 0.495 e. The molecule has 1 aliphatic heterocycles. The zero-order chi connectivity index (χ0) is 15.2. The summed E-state index contributed by atoms with van der Waals surface area (Å²) in [6.07, 6.45) is 1.58. The molecule has 0 atom stereocenters. The topological polar surface area (TPSA) is 61.9 Å². The Morgan fingerprint density at radius 3 is 2.86 bits per heavy atom.